The van der Waals surface area contributed by atoms with E-state index < -0.39 is 0 Å². The van der Waals surface area contributed by atoms with E-state index in [2.05, 4.69) is 20.9 Å². The number of ether oxygens (including phenoxy) is 1. The van der Waals surface area contributed by atoms with Gasteiger partial charge in [0.1, 0.15) is 5.75 Å². The van der Waals surface area contributed by atoms with E-state index in [1.165, 1.54) is 0 Å². The second kappa shape index (κ2) is 6.02. The SMILES string of the molecule is NCc1ccc(Oc2nccc3c(Br)cccc23)cc1Cl. The molecule has 5 heteroatoms. The third-order valence-corrected chi connectivity index (χ3v) is 4.22. The van der Waals surface area contributed by atoms with Gasteiger partial charge in [0, 0.05) is 33.0 Å². The minimum Gasteiger partial charge on any atom is -0.438 e. The van der Waals surface area contributed by atoms with Crippen LogP contribution >= 0.6 is 27.5 Å². The monoisotopic (exact) mass is 362 g/mol. The number of pyridine rings is 1. The van der Waals surface area contributed by atoms with Gasteiger partial charge in [0.15, 0.2) is 0 Å². The van der Waals surface area contributed by atoms with Crippen molar-refractivity contribution in [1.29, 1.82) is 0 Å². The zero-order valence-electron chi connectivity index (χ0n) is 11.0. The maximum absolute atomic E-state index is 6.15. The predicted octanol–water partition coefficient (Wildman–Crippen LogP) is 4.90. The quantitative estimate of drug-likeness (QED) is 0.720. The second-order valence-electron chi connectivity index (χ2n) is 4.51. The number of hydrogen-bond donors (Lipinski definition) is 1. The smallest absolute Gasteiger partial charge is 0.227 e. The van der Waals surface area contributed by atoms with Crippen molar-refractivity contribution in [2.24, 2.45) is 5.73 Å². The van der Waals surface area contributed by atoms with E-state index in [-0.39, 0.29) is 0 Å². The molecule has 106 valence electrons. The van der Waals surface area contributed by atoms with E-state index in [0.717, 1.165) is 20.8 Å². The summed E-state index contributed by atoms with van der Waals surface area (Å²) in [6, 6.07) is 13.3. The molecule has 0 atom stereocenters. The molecule has 0 aliphatic carbocycles. The average Bonchev–Trinajstić information content (AvgIpc) is 2.49. The Labute approximate surface area is 135 Å². The van der Waals surface area contributed by atoms with E-state index in [1.54, 1.807) is 12.3 Å². The third-order valence-electron chi connectivity index (χ3n) is 3.18. The maximum Gasteiger partial charge on any atom is 0.227 e. The van der Waals surface area contributed by atoms with Gasteiger partial charge in [0.05, 0.1) is 0 Å². The Bertz CT molecular complexity index is 807. The fourth-order valence-corrected chi connectivity index (χ4v) is 2.84. The molecule has 0 bridgehead atoms. The van der Waals surface area contributed by atoms with E-state index in [4.69, 9.17) is 22.1 Å². The van der Waals surface area contributed by atoms with Gasteiger partial charge in [-0.05, 0) is 35.9 Å². The van der Waals surface area contributed by atoms with Gasteiger partial charge in [0.25, 0.3) is 0 Å². The van der Waals surface area contributed by atoms with Gasteiger partial charge >= 0.3 is 0 Å². The number of aromatic nitrogens is 1. The van der Waals surface area contributed by atoms with E-state index in [9.17, 15) is 0 Å². The highest BCUT2D eigenvalue weighted by Crippen LogP contribution is 2.32. The van der Waals surface area contributed by atoms with Crippen LogP contribution in [0.2, 0.25) is 5.02 Å². The number of halogens is 2. The van der Waals surface area contributed by atoms with Crippen molar-refractivity contribution in [1.82, 2.24) is 4.98 Å². The fourth-order valence-electron chi connectivity index (χ4n) is 2.09. The number of nitrogens with zero attached hydrogens (tertiary/aromatic N) is 1. The molecule has 0 amide bonds. The number of fused-ring (bicyclic) bond motifs is 1. The lowest BCUT2D eigenvalue weighted by molar-refractivity contribution is 0.469. The number of rotatable bonds is 3. The van der Waals surface area contributed by atoms with Gasteiger partial charge in [-0.25, -0.2) is 4.98 Å². The molecule has 0 aliphatic rings. The van der Waals surface area contributed by atoms with Crippen molar-refractivity contribution < 1.29 is 4.74 Å². The minimum atomic E-state index is 0.401. The molecule has 21 heavy (non-hydrogen) atoms. The molecule has 3 aromatic rings. The highest BCUT2D eigenvalue weighted by atomic mass is 79.9. The fraction of sp³-hybridized carbons (Fsp3) is 0.0625. The molecule has 3 nitrogen and oxygen atoms in total. The Balaban J connectivity index is 2.02. The van der Waals surface area contributed by atoms with Crippen molar-refractivity contribution >= 4 is 38.3 Å². The topological polar surface area (TPSA) is 48.1 Å². The standard InChI is InChI=1S/C16H12BrClN2O/c17-14-3-1-2-13-12(14)6-7-20-16(13)21-11-5-4-10(9-19)15(18)8-11/h1-8H,9,19H2. The summed E-state index contributed by atoms with van der Waals surface area (Å²) in [4.78, 5) is 4.30. The van der Waals surface area contributed by atoms with Gasteiger partial charge in [-0.2, -0.15) is 0 Å². The Morgan fingerprint density at radius 1 is 1.14 bits per heavy atom. The Morgan fingerprint density at radius 3 is 2.76 bits per heavy atom. The summed E-state index contributed by atoms with van der Waals surface area (Å²) in [5, 5.41) is 2.58. The van der Waals surface area contributed by atoms with Gasteiger partial charge in [-0.15, -0.1) is 0 Å². The van der Waals surface area contributed by atoms with E-state index in [1.807, 2.05) is 36.4 Å². The molecule has 2 aromatic carbocycles. The summed E-state index contributed by atoms with van der Waals surface area (Å²) >= 11 is 9.68. The zero-order valence-corrected chi connectivity index (χ0v) is 13.4. The van der Waals surface area contributed by atoms with Crippen molar-refractivity contribution in [2.75, 3.05) is 0 Å². The van der Waals surface area contributed by atoms with Crippen LogP contribution in [0.5, 0.6) is 11.6 Å². The predicted molar refractivity (Wildman–Crippen MR) is 88.9 cm³/mol. The molecule has 0 saturated carbocycles. The summed E-state index contributed by atoms with van der Waals surface area (Å²) < 4.78 is 6.87. The lowest BCUT2D eigenvalue weighted by atomic mass is 10.2. The minimum absolute atomic E-state index is 0.401. The molecule has 0 fully saturated rings. The molecule has 0 unspecified atom stereocenters. The van der Waals surface area contributed by atoms with Gasteiger partial charge in [-0.1, -0.05) is 39.7 Å². The largest absolute Gasteiger partial charge is 0.438 e. The summed E-state index contributed by atoms with van der Waals surface area (Å²) in [5.41, 5.74) is 6.49. The summed E-state index contributed by atoms with van der Waals surface area (Å²) in [7, 11) is 0. The van der Waals surface area contributed by atoms with Crippen LogP contribution in [0.4, 0.5) is 0 Å². The van der Waals surface area contributed by atoms with E-state index >= 15 is 0 Å². The Kier molecular flexibility index (Phi) is 4.10. The van der Waals surface area contributed by atoms with Gasteiger partial charge < -0.3 is 10.5 Å². The molecule has 0 saturated heterocycles. The van der Waals surface area contributed by atoms with Crippen LogP contribution in [0.25, 0.3) is 10.8 Å². The van der Waals surface area contributed by atoms with Crippen LogP contribution in [-0.4, -0.2) is 4.98 Å². The van der Waals surface area contributed by atoms with Crippen LogP contribution in [0.3, 0.4) is 0 Å². The zero-order chi connectivity index (χ0) is 14.8. The van der Waals surface area contributed by atoms with Gasteiger partial charge in [-0.3, -0.25) is 0 Å². The maximum atomic E-state index is 6.15. The highest BCUT2D eigenvalue weighted by molar-refractivity contribution is 9.10. The van der Waals surface area contributed by atoms with Gasteiger partial charge in [0.2, 0.25) is 5.88 Å². The number of benzene rings is 2. The molecule has 2 N–H and O–H groups in total. The normalized spacial score (nSPS) is 10.8. The van der Waals surface area contributed by atoms with Crippen LogP contribution in [-0.2, 0) is 6.54 Å². The molecular weight excluding hydrogens is 352 g/mol. The molecule has 0 spiro atoms. The van der Waals surface area contributed by atoms with Crippen molar-refractivity contribution in [3.05, 3.63) is 63.7 Å². The molecular formula is C16H12BrClN2O. The lowest BCUT2D eigenvalue weighted by Gasteiger charge is -2.10. The van der Waals surface area contributed by atoms with E-state index in [0.29, 0.717) is 23.2 Å². The Morgan fingerprint density at radius 2 is 2.00 bits per heavy atom. The first-order valence-electron chi connectivity index (χ1n) is 6.38. The van der Waals surface area contributed by atoms with Crippen LogP contribution < -0.4 is 10.5 Å². The first kappa shape index (κ1) is 14.3. The van der Waals surface area contributed by atoms with Crippen molar-refractivity contribution in [3.63, 3.8) is 0 Å². The first-order valence-corrected chi connectivity index (χ1v) is 7.55. The molecule has 3 rings (SSSR count). The van der Waals surface area contributed by atoms with Crippen LogP contribution in [0.15, 0.2) is 53.1 Å². The molecule has 1 aromatic heterocycles. The third kappa shape index (κ3) is 2.88. The summed E-state index contributed by atoms with van der Waals surface area (Å²) in [6.45, 7) is 0.401. The van der Waals surface area contributed by atoms with Crippen molar-refractivity contribution in [3.8, 4) is 11.6 Å². The number of nitrogens with two attached hydrogens (primary N) is 1. The molecule has 0 aliphatic heterocycles. The lowest BCUT2D eigenvalue weighted by Crippen LogP contribution is -1.97. The first-order chi connectivity index (χ1) is 10.2. The molecule has 1 heterocycles. The van der Waals surface area contributed by atoms with Crippen molar-refractivity contribution in [2.45, 2.75) is 6.54 Å². The highest BCUT2D eigenvalue weighted by Gasteiger charge is 2.08. The average molecular weight is 364 g/mol. The number of hydrogen-bond acceptors (Lipinski definition) is 3. The summed E-state index contributed by atoms with van der Waals surface area (Å²) in [6.07, 6.45) is 1.72. The Hall–Kier alpha value is -1.62. The van der Waals surface area contributed by atoms with Crippen LogP contribution in [0, 0.1) is 0 Å². The summed E-state index contributed by atoms with van der Waals surface area (Å²) in [5.74, 6) is 1.18. The second-order valence-corrected chi connectivity index (χ2v) is 5.77. The van der Waals surface area contributed by atoms with Crippen LogP contribution in [0.1, 0.15) is 5.56 Å². The molecule has 0 radical (unpaired) electrons.